The first-order valence-electron chi connectivity index (χ1n) is 11.1. The molecule has 1 atom stereocenters. The number of carbonyl (C=O) groups is 3. The maximum absolute atomic E-state index is 12.8. The maximum Gasteiger partial charge on any atom is 0.407 e. The number of ether oxygens (including phenoxy) is 2. The molecule has 4 rings (SSSR count). The average Bonchev–Trinajstić information content (AvgIpc) is 3.09. The number of benzene rings is 2. The molecule has 0 spiro atoms. The molecule has 1 heterocycles. The van der Waals surface area contributed by atoms with E-state index in [9.17, 15) is 19.5 Å². The van der Waals surface area contributed by atoms with Crippen LogP contribution in [0.25, 0.3) is 11.1 Å². The van der Waals surface area contributed by atoms with Gasteiger partial charge >= 0.3 is 12.1 Å². The number of nitrogens with zero attached hydrogens (tertiary/aromatic N) is 1. The molecular formula is C25H28N2O6. The summed E-state index contributed by atoms with van der Waals surface area (Å²) in [6, 6.07) is 14.7. The summed E-state index contributed by atoms with van der Waals surface area (Å²) in [5.41, 5.74) is 3.91. The van der Waals surface area contributed by atoms with E-state index in [4.69, 9.17) is 9.47 Å². The van der Waals surface area contributed by atoms with Gasteiger partial charge in [0.1, 0.15) is 18.2 Å². The second-order valence-corrected chi connectivity index (χ2v) is 8.70. The Morgan fingerprint density at radius 1 is 1.09 bits per heavy atom. The monoisotopic (exact) mass is 452 g/mol. The molecule has 33 heavy (non-hydrogen) atoms. The molecule has 1 fully saturated rings. The van der Waals surface area contributed by atoms with Crippen LogP contribution in [0, 0.1) is 0 Å². The smallest absolute Gasteiger partial charge is 0.407 e. The largest absolute Gasteiger partial charge is 0.481 e. The van der Waals surface area contributed by atoms with Gasteiger partial charge in [0, 0.05) is 12.5 Å². The molecule has 8 heteroatoms. The predicted octanol–water partition coefficient (Wildman–Crippen LogP) is 3.01. The summed E-state index contributed by atoms with van der Waals surface area (Å²) in [6.07, 6.45) is -1.34. The fourth-order valence-corrected chi connectivity index (χ4v) is 4.73. The summed E-state index contributed by atoms with van der Waals surface area (Å²) >= 11 is 0. The number of hydrogen-bond acceptors (Lipinski definition) is 5. The number of aliphatic carboxylic acids is 1. The molecule has 0 radical (unpaired) electrons. The summed E-state index contributed by atoms with van der Waals surface area (Å²) < 4.78 is 11.1. The Morgan fingerprint density at radius 2 is 1.67 bits per heavy atom. The lowest BCUT2D eigenvalue weighted by atomic mass is 9.95. The van der Waals surface area contributed by atoms with Gasteiger partial charge in [0.2, 0.25) is 5.91 Å². The number of likely N-dealkylation sites (tertiary alicyclic amines) is 1. The van der Waals surface area contributed by atoms with Crippen LogP contribution in [-0.4, -0.2) is 65.9 Å². The van der Waals surface area contributed by atoms with Gasteiger partial charge in [0.15, 0.2) is 0 Å². The highest BCUT2D eigenvalue weighted by Crippen LogP contribution is 2.44. The molecule has 2 aromatic rings. The Hall–Kier alpha value is -3.39. The summed E-state index contributed by atoms with van der Waals surface area (Å²) in [7, 11) is 0. The van der Waals surface area contributed by atoms with Crippen LogP contribution in [0.15, 0.2) is 48.5 Å². The lowest BCUT2D eigenvalue weighted by Crippen LogP contribution is -2.66. The van der Waals surface area contributed by atoms with E-state index >= 15 is 0 Å². The number of carbonyl (C=O) groups excluding carboxylic acids is 2. The van der Waals surface area contributed by atoms with Gasteiger partial charge in [0.05, 0.1) is 19.5 Å². The summed E-state index contributed by atoms with van der Waals surface area (Å²) in [4.78, 5) is 38.2. The molecule has 2 amide bonds. The minimum absolute atomic E-state index is 0.0833. The van der Waals surface area contributed by atoms with E-state index in [1.165, 1.54) is 4.90 Å². The molecule has 0 saturated carbocycles. The fourth-order valence-electron chi connectivity index (χ4n) is 4.73. The van der Waals surface area contributed by atoms with Gasteiger partial charge in [-0.2, -0.15) is 0 Å². The number of nitrogens with one attached hydrogen (secondary N) is 1. The molecule has 2 N–H and O–H groups in total. The van der Waals surface area contributed by atoms with Gasteiger partial charge in [-0.05, 0) is 36.1 Å². The molecule has 0 bridgehead atoms. The van der Waals surface area contributed by atoms with Crippen LogP contribution < -0.4 is 5.32 Å². The van der Waals surface area contributed by atoms with Crippen molar-refractivity contribution < 1.29 is 29.0 Å². The van der Waals surface area contributed by atoms with Crippen LogP contribution in [0.2, 0.25) is 0 Å². The summed E-state index contributed by atoms with van der Waals surface area (Å²) in [6.45, 7) is 5.08. The molecule has 2 aromatic carbocycles. The zero-order chi connectivity index (χ0) is 23.6. The van der Waals surface area contributed by atoms with Crippen LogP contribution in [0.5, 0.6) is 0 Å². The van der Waals surface area contributed by atoms with E-state index in [1.54, 1.807) is 0 Å². The van der Waals surface area contributed by atoms with Crippen LogP contribution in [0.3, 0.4) is 0 Å². The number of hydrogen-bond donors (Lipinski definition) is 2. The van der Waals surface area contributed by atoms with Crippen molar-refractivity contribution in [3.8, 4) is 11.1 Å². The van der Waals surface area contributed by atoms with Crippen molar-refractivity contribution in [2.24, 2.45) is 0 Å². The number of rotatable bonds is 8. The zero-order valence-corrected chi connectivity index (χ0v) is 18.7. The number of amides is 2. The van der Waals surface area contributed by atoms with Crippen molar-refractivity contribution >= 4 is 18.0 Å². The SMILES string of the molecule is CCOC1(C)CN(C(=O)C(CC(=O)O)NC(=O)OCC2c3ccccc3-c3ccccc32)C1. The van der Waals surface area contributed by atoms with E-state index in [-0.39, 0.29) is 12.5 Å². The summed E-state index contributed by atoms with van der Waals surface area (Å²) in [5, 5.41) is 11.7. The van der Waals surface area contributed by atoms with Crippen molar-refractivity contribution in [2.75, 3.05) is 26.3 Å². The van der Waals surface area contributed by atoms with Crippen LogP contribution in [-0.2, 0) is 19.1 Å². The van der Waals surface area contributed by atoms with Crippen molar-refractivity contribution in [3.63, 3.8) is 0 Å². The van der Waals surface area contributed by atoms with Gasteiger partial charge in [-0.25, -0.2) is 4.79 Å². The maximum atomic E-state index is 12.8. The number of alkyl carbamates (subject to hydrolysis) is 1. The molecule has 174 valence electrons. The molecule has 1 aliphatic carbocycles. The second-order valence-electron chi connectivity index (χ2n) is 8.70. The van der Waals surface area contributed by atoms with Crippen molar-refractivity contribution in [2.45, 2.75) is 37.8 Å². The number of carboxylic acids is 1. The number of carboxylic acid groups (broad SMARTS) is 1. The fraction of sp³-hybridized carbons (Fsp3) is 0.400. The molecule has 8 nitrogen and oxygen atoms in total. The molecule has 2 aliphatic rings. The predicted molar refractivity (Wildman–Crippen MR) is 121 cm³/mol. The van der Waals surface area contributed by atoms with Crippen molar-refractivity contribution in [1.29, 1.82) is 0 Å². The lowest BCUT2D eigenvalue weighted by molar-refractivity contribution is -0.166. The van der Waals surface area contributed by atoms with Gasteiger partial charge in [-0.15, -0.1) is 0 Å². The van der Waals surface area contributed by atoms with Crippen molar-refractivity contribution in [1.82, 2.24) is 10.2 Å². The first-order valence-corrected chi connectivity index (χ1v) is 11.1. The first-order chi connectivity index (χ1) is 15.8. The third-order valence-corrected chi connectivity index (χ3v) is 6.17. The highest BCUT2D eigenvalue weighted by Gasteiger charge is 2.44. The van der Waals surface area contributed by atoms with Gasteiger partial charge in [-0.3, -0.25) is 9.59 Å². The van der Waals surface area contributed by atoms with E-state index in [0.717, 1.165) is 22.3 Å². The first kappa shape index (κ1) is 22.8. The molecule has 1 aliphatic heterocycles. The zero-order valence-electron chi connectivity index (χ0n) is 18.7. The lowest BCUT2D eigenvalue weighted by Gasteiger charge is -2.48. The van der Waals surface area contributed by atoms with Crippen molar-refractivity contribution in [3.05, 3.63) is 59.7 Å². The topological polar surface area (TPSA) is 105 Å². The van der Waals surface area contributed by atoms with Crippen LogP contribution in [0.4, 0.5) is 4.79 Å². The van der Waals surface area contributed by atoms with E-state index < -0.39 is 36.0 Å². The van der Waals surface area contributed by atoms with E-state index in [0.29, 0.717) is 19.7 Å². The van der Waals surface area contributed by atoms with Gasteiger partial charge in [0.25, 0.3) is 0 Å². The standard InChI is InChI=1S/C25H28N2O6/c1-3-33-25(2)14-27(15-25)23(30)21(12-22(28)29)26-24(31)32-13-20-18-10-6-4-8-16(18)17-9-5-7-11-19(17)20/h4-11,20-21H,3,12-15H2,1-2H3,(H,26,31)(H,28,29). The second kappa shape index (κ2) is 9.23. The molecule has 1 unspecified atom stereocenters. The van der Waals surface area contributed by atoms with E-state index in [2.05, 4.69) is 5.32 Å². The molecular weight excluding hydrogens is 424 g/mol. The average molecular weight is 453 g/mol. The Kier molecular flexibility index (Phi) is 6.37. The third-order valence-electron chi connectivity index (χ3n) is 6.17. The minimum atomic E-state index is -1.20. The van der Waals surface area contributed by atoms with E-state index in [1.807, 2.05) is 62.4 Å². The Balaban J connectivity index is 1.39. The third kappa shape index (κ3) is 4.71. The molecule has 1 saturated heterocycles. The normalized spacial score (nSPS) is 16.8. The summed E-state index contributed by atoms with van der Waals surface area (Å²) in [5.74, 6) is -1.76. The van der Waals surface area contributed by atoms with Crippen LogP contribution in [0.1, 0.15) is 37.3 Å². The van der Waals surface area contributed by atoms with Crippen LogP contribution >= 0.6 is 0 Å². The Bertz CT molecular complexity index is 1020. The quantitative estimate of drug-likeness (QED) is 0.638. The highest BCUT2D eigenvalue weighted by molar-refractivity contribution is 5.90. The molecule has 0 aromatic heterocycles. The minimum Gasteiger partial charge on any atom is -0.481 e. The Morgan fingerprint density at radius 3 is 2.21 bits per heavy atom. The van der Waals surface area contributed by atoms with Gasteiger partial charge < -0.3 is 24.8 Å². The Labute approximate surface area is 192 Å². The highest BCUT2D eigenvalue weighted by atomic mass is 16.5. The number of fused-ring (bicyclic) bond motifs is 3. The van der Waals surface area contributed by atoms with Gasteiger partial charge in [-0.1, -0.05) is 48.5 Å².